The molecular weight excluding hydrogens is 196 g/mol. The van der Waals surface area contributed by atoms with Crippen LogP contribution < -0.4 is 0 Å². The van der Waals surface area contributed by atoms with Crippen LogP contribution in [0.5, 0.6) is 0 Å². The Labute approximate surface area is 87.9 Å². The molecule has 0 aromatic rings. The van der Waals surface area contributed by atoms with Crippen LogP contribution in [-0.2, 0) is 9.59 Å². The van der Waals surface area contributed by atoms with Gasteiger partial charge in [0.15, 0.2) is 0 Å². The lowest BCUT2D eigenvalue weighted by Crippen LogP contribution is -2.37. The number of carboxylic acids is 2. The molecule has 0 amide bonds. The molecule has 0 radical (unpaired) electrons. The van der Waals surface area contributed by atoms with E-state index in [4.69, 9.17) is 10.2 Å². The summed E-state index contributed by atoms with van der Waals surface area (Å²) in [6, 6.07) is 0. The van der Waals surface area contributed by atoms with Gasteiger partial charge in [-0.3, -0.25) is 4.79 Å². The molecular formula is C11H14O4. The van der Waals surface area contributed by atoms with Gasteiger partial charge in [0.2, 0.25) is 0 Å². The molecule has 4 nitrogen and oxygen atoms in total. The van der Waals surface area contributed by atoms with E-state index in [1.54, 1.807) is 26.0 Å². The van der Waals surface area contributed by atoms with Gasteiger partial charge in [-0.2, -0.15) is 0 Å². The minimum atomic E-state index is -1.13. The first-order chi connectivity index (χ1) is 6.80. The Bertz CT molecular complexity index is 378. The summed E-state index contributed by atoms with van der Waals surface area (Å²) in [6.07, 6.45) is 3.12. The first-order valence-corrected chi connectivity index (χ1v) is 4.67. The molecule has 2 N–H and O–H groups in total. The van der Waals surface area contributed by atoms with E-state index in [0.717, 1.165) is 0 Å². The number of hydrogen-bond donors (Lipinski definition) is 2. The highest BCUT2D eigenvalue weighted by Gasteiger charge is 2.42. The third-order valence-corrected chi connectivity index (χ3v) is 3.13. The maximum absolute atomic E-state index is 11.1. The molecule has 2 unspecified atom stereocenters. The standard InChI is InChI=1S/C11H14O4/c1-6-4-5-11(3,10(14)15)7(2)8(6)9(12)13/h4-5,7H,1-3H3,(H,12,13)(H,14,15). The Kier molecular flexibility index (Phi) is 2.71. The summed E-state index contributed by atoms with van der Waals surface area (Å²) in [5, 5.41) is 18.1. The summed E-state index contributed by atoms with van der Waals surface area (Å²) in [6.45, 7) is 4.84. The first-order valence-electron chi connectivity index (χ1n) is 4.67. The fourth-order valence-electron chi connectivity index (χ4n) is 1.78. The van der Waals surface area contributed by atoms with Crippen LogP contribution in [0.1, 0.15) is 20.8 Å². The molecule has 0 spiro atoms. The van der Waals surface area contributed by atoms with Gasteiger partial charge in [-0.05, 0) is 19.4 Å². The maximum Gasteiger partial charge on any atom is 0.332 e. The van der Waals surface area contributed by atoms with E-state index in [0.29, 0.717) is 5.57 Å². The molecule has 2 atom stereocenters. The van der Waals surface area contributed by atoms with Gasteiger partial charge < -0.3 is 10.2 Å². The highest BCUT2D eigenvalue weighted by atomic mass is 16.4. The van der Waals surface area contributed by atoms with E-state index in [2.05, 4.69) is 0 Å². The van der Waals surface area contributed by atoms with Crippen molar-refractivity contribution >= 4 is 11.9 Å². The van der Waals surface area contributed by atoms with Crippen molar-refractivity contribution in [2.24, 2.45) is 11.3 Å². The van der Waals surface area contributed by atoms with Crippen LogP contribution in [0.25, 0.3) is 0 Å². The number of hydrogen-bond acceptors (Lipinski definition) is 2. The number of carbonyl (C=O) groups is 2. The van der Waals surface area contributed by atoms with E-state index in [1.807, 2.05) is 0 Å². The van der Waals surface area contributed by atoms with Gasteiger partial charge in [-0.1, -0.05) is 19.1 Å². The Morgan fingerprint density at radius 3 is 2.33 bits per heavy atom. The molecule has 0 bridgehead atoms. The van der Waals surface area contributed by atoms with Crippen LogP contribution >= 0.6 is 0 Å². The minimum absolute atomic E-state index is 0.183. The zero-order chi connectivity index (χ0) is 11.8. The van der Waals surface area contributed by atoms with Gasteiger partial charge in [0, 0.05) is 11.5 Å². The highest BCUT2D eigenvalue weighted by molar-refractivity contribution is 5.92. The molecule has 4 heteroatoms. The lowest BCUT2D eigenvalue weighted by atomic mass is 9.70. The van der Waals surface area contributed by atoms with E-state index >= 15 is 0 Å². The van der Waals surface area contributed by atoms with Crippen molar-refractivity contribution in [2.75, 3.05) is 0 Å². The zero-order valence-electron chi connectivity index (χ0n) is 8.94. The van der Waals surface area contributed by atoms with Crippen LogP contribution in [-0.4, -0.2) is 22.2 Å². The molecule has 0 aromatic carbocycles. The molecule has 15 heavy (non-hydrogen) atoms. The third kappa shape index (κ3) is 1.67. The van der Waals surface area contributed by atoms with E-state index in [9.17, 15) is 9.59 Å². The lowest BCUT2D eigenvalue weighted by Gasteiger charge is -2.32. The second-order valence-electron chi connectivity index (χ2n) is 4.04. The van der Waals surface area contributed by atoms with Crippen molar-refractivity contribution in [3.05, 3.63) is 23.3 Å². The normalized spacial score (nSPS) is 30.5. The molecule has 0 fully saturated rings. The number of rotatable bonds is 2. The molecule has 0 saturated carbocycles. The van der Waals surface area contributed by atoms with Crippen molar-refractivity contribution < 1.29 is 19.8 Å². The summed E-state index contributed by atoms with van der Waals surface area (Å²) in [5.41, 5.74) is -0.330. The molecule has 0 aliphatic heterocycles. The molecule has 1 aliphatic carbocycles. The summed E-state index contributed by atoms with van der Waals surface area (Å²) in [7, 11) is 0. The van der Waals surface area contributed by atoms with Gasteiger partial charge >= 0.3 is 11.9 Å². The fraction of sp³-hybridized carbons (Fsp3) is 0.455. The maximum atomic E-state index is 11.1. The van der Waals surface area contributed by atoms with E-state index in [-0.39, 0.29) is 5.57 Å². The topological polar surface area (TPSA) is 74.6 Å². The van der Waals surface area contributed by atoms with Gasteiger partial charge in [0.25, 0.3) is 0 Å². The first kappa shape index (κ1) is 11.5. The molecule has 1 rings (SSSR count). The predicted octanol–water partition coefficient (Wildman–Crippen LogP) is 1.68. The summed E-state index contributed by atoms with van der Waals surface area (Å²) < 4.78 is 0. The van der Waals surface area contributed by atoms with Gasteiger partial charge in [-0.15, -0.1) is 0 Å². The molecule has 0 heterocycles. The Balaban J connectivity index is 3.26. The molecule has 0 saturated heterocycles. The monoisotopic (exact) mass is 210 g/mol. The van der Waals surface area contributed by atoms with Crippen molar-refractivity contribution in [1.29, 1.82) is 0 Å². The van der Waals surface area contributed by atoms with Crippen molar-refractivity contribution in [2.45, 2.75) is 20.8 Å². The Hall–Kier alpha value is -1.58. The summed E-state index contributed by atoms with van der Waals surface area (Å²) >= 11 is 0. The predicted molar refractivity (Wildman–Crippen MR) is 54.4 cm³/mol. The summed E-state index contributed by atoms with van der Waals surface area (Å²) in [5.74, 6) is -2.58. The Morgan fingerprint density at radius 1 is 1.40 bits per heavy atom. The van der Waals surface area contributed by atoms with Crippen LogP contribution in [0.4, 0.5) is 0 Å². The largest absolute Gasteiger partial charge is 0.481 e. The average Bonchev–Trinajstić information content (AvgIpc) is 2.11. The number of carboxylic acid groups (broad SMARTS) is 2. The average molecular weight is 210 g/mol. The van der Waals surface area contributed by atoms with E-state index < -0.39 is 23.3 Å². The van der Waals surface area contributed by atoms with Crippen LogP contribution in [0.3, 0.4) is 0 Å². The van der Waals surface area contributed by atoms with Crippen molar-refractivity contribution in [3.63, 3.8) is 0 Å². The van der Waals surface area contributed by atoms with Gasteiger partial charge in [-0.25, -0.2) is 4.79 Å². The van der Waals surface area contributed by atoms with Crippen LogP contribution in [0.15, 0.2) is 23.3 Å². The number of aliphatic carboxylic acids is 2. The zero-order valence-corrected chi connectivity index (χ0v) is 8.94. The SMILES string of the molecule is CC1=C(C(=O)O)C(C)C(C)(C(=O)O)C=C1. The van der Waals surface area contributed by atoms with Crippen LogP contribution in [0, 0.1) is 11.3 Å². The summed E-state index contributed by atoms with van der Waals surface area (Å²) in [4.78, 5) is 22.1. The third-order valence-electron chi connectivity index (χ3n) is 3.13. The molecule has 82 valence electrons. The molecule has 0 aromatic heterocycles. The van der Waals surface area contributed by atoms with Crippen molar-refractivity contribution in [1.82, 2.24) is 0 Å². The second kappa shape index (κ2) is 3.53. The molecule has 1 aliphatic rings. The van der Waals surface area contributed by atoms with Gasteiger partial charge in [0.05, 0.1) is 5.41 Å². The number of allylic oxidation sites excluding steroid dienone is 2. The van der Waals surface area contributed by atoms with E-state index in [1.165, 1.54) is 6.92 Å². The van der Waals surface area contributed by atoms with Crippen molar-refractivity contribution in [3.8, 4) is 0 Å². The quantitative estimate of drug-likeness (QED) is 0.727. The second-order valence-corrected chi connectivity index (χ2v) is 4.04. The smallest absolute Gasteiger partial charge is 0.332 e. The minimum Gasteiger partial charge on any atom is -0.481 e. The fourth-order valence-corrected chi connectivity index (χ4v) is 1.78. The lowest BCUT2D eigenvalue weighted by molar-refractivity contribution is -0.147. The van der Waals surface area contributed by atoms with Gasteiger partial charge in [0.1, 0.15) is 0 Å². The highest BCUT2D eigenvalue weighted by Crippen LogP contribution is 2.39. The Morgan fingerprint density at radius 2 is 1.93 bits per heavy atom. The van der Waals surface area contributed by atoms with Crippen LogP contribution in [0.2, 0.25) is 0 Å².